The van der Waals surface area contributed by atoms with Crippen molar-refractivity contribution < 1.29 is 12.9 Å². The Bertz CT molecular complexity index is 305. The second-order valence-corrected chi connectivity index (χ2v) is 3.36. The van der Waals surface area contributed by atoms with Crippen molar-refractivity contribution in [1.82, 2.24) is 0 Å². The van der Waals surface area contributed by atoms with Crippen molar-refractivity contribution >= 4 is 27.4 Å². The van der Waals surface area contributed by atoms with E-state index in [1.54, 1.807) is 30.3 Å². The molecule has 0 unspecified atom stereocenters. The molecule has 0 aliphatic heterocycles. The molecule has 1 aromatic carbocycles. The fraction of sp³-hybridized carbons (Fsp3) is 0. The van der Waals surface area contributed by atoms with E-state index in [0.29, 0.717) is 5.56 Å². The highest BCUT2D eigenvalue weighted by molar-refractivity contribution is 9.15. The molecular formula is C8H6BBrF3-. The summed E-state index contributed by atoms with van der Waals surface area (Å²) < 4.78 is 35.9. The molecule has 0 fully saturated rings. The fourth-order valence-electron chi connectivity index (χ4n) is 0.860. The zero-order valence-corrected chi connectivity index (χ0v) is 8.14. The van der Waals surface area contributed by atoms with E-state index in [1.165, 1.54) is 0 Å². The minimum Gasteiger partial charge on any atom is -0.445 e. The standard InChI is InChI=1S/C8H6BBrF3/c10-8(6-9(11,12)13)7-4-2-1-3-5-7/h1-6H/q-1/b8-6-. The average molecular weight is 250 g/mol. The Balaban J connectivity index is 2.92. The second-order valence-electron chi connectivity index (χ2n) is 2.51. The summed E-state index contributed by atoms with van der Waals surface area (Å²) in [5.41, 5.74) is 0.529. The number of hydrogen-bond acceptors (Lipinski definition) is 0. The molecule has 0 atom stereocenters. The molecule has 0 aliphatic carbocycles. The summed E-state index contributed by atoms with van der Waals surface area (Å²) in [6, 6.07) is 8.36. The van der Waals surface area contributed by atoms with Crippen molar-refractivity contribution in [3.63, 3.8) is 0 Å². The first kappa shape index (κ1) is 10.4. The lowest BCUT2D eigenvalue weighted by Gasteiger charge is -2.09. The smallest absolute Gasteiger partial charge is 0.445 e. The Hall–Kier alpha value is -0.705. The van der Waals surface area contributed by atoms with Crippen molar-refractivity contribution in [3.8, 4) is 0 Å². The van der Waals surface area contributed by atoms with Crippen molar-refractivity contribution in [2.24, 2.45) is 0 Å². The van der Waals surface area contributed by atoms with Crippen molar-refractivity contribution in [3.05, 3.63) is 41.9 Å². The van der Waals surface area contributed by atoms with Gasteiger partial charge in [0.05, 0.1) is 0 Å². The van der Waals surface area contributed by atoms with Crippen LogP contribution >= 0.6 is 15.9 Å². The van der Waals surface area contributed by atoms with Crippen molar-refractivity contribution in [1.29, 1.82) is 0 Å². The van der Waals surface area contributed by atoms with E-state index in [4.69, 9.17) is 0 Å². The summed E-state index contributed by atoms with van der Waals surface area (Å²) >= 11 is 2.88. The van der Waals surface area contributed by atoms with Crippen LogP contribution < -0.4 is 0 Å². The van der Waals surface area contributed by atoms with Crippen molar-refractivity contribution in [2.75, 3.05) is 0 Å². The van der Waals surface area contributed by atoms with E-state index in [-0.39, 0.29) is 10.5 Å². The summed E-state index contributed by atoms with van der Waals surface area (Å²) in [5, 5.41) is 0. The third kappa shape index (κ3) is 3.68. The van der Waals surface area contributed by atoms with Crippen LogP contribution in [0.15, 0.2) is 36.3 Å². The van der Waals surface area contributed by atoms with Crippen molar-refractivity contribution in [2.45, 2.75) is 0 Å². The Morgan fingerprint density at radius 2 is 1.69 bits per heavy atom. The summed E-state index contributed by atoms with van der Waals surface area (Å²) in [4.78, 5) is 0. The van der Waals surface area contributed by atoms with Gasteiger partial charge in [0.15, 0.2) is 0 Å². The van der Waals surface area contributed by atoms with Crippen LogP contribution in [0.5, 0.6) is 0 Å². The molecule has 0 saturated carbocycles. The first-order valence-electron chi connectivity index (χ1n) is 3.63. The van der Waals surface area contributed by atoms with E-state index in [0.717, 1.165) is 0 Å². The lowest BCUT2D eigenvalue weighted by atomic mass is 9.90. The number of rotatable bonds is 2. The highest BCUT2D eigenvalue weighted by Gasteiger charge is 2.19. The zero-order chi connectivity index (χ0) is 9.90. The Labute approximate surface area is 82.6 Å². The molecule has 1 rings (SSSR count). The maximum atomic E-state index is 11.9. The van der Waals surface area contributed by atoms with Crippen LogP contribution in [0.1, 0.15) is 5.56 Å². The number of hydrogen-bond donors (Lipinski definition) is 0. The van der Waals surface area contributed by atoms with Crippen LogP contribution in [-0.4, -0.2) is 6.98 Å². The largest absolute Gasteiger partial charge is 0.503 e. The van der Waals surface area contributed by atoms with E-state index >= 15 is 0 Å². The van der Waals surface area contributed by atoms with E-state index in [1.807, 2.05) is 0 Å². The predicted octanol–water partition coefficient (Wildman–Crippen LogP) is 3.81. The van der Waals surface area contributed by atoms with Gasteiger partial charge in [-0.3, -0.25) is 0 Å². The summed E-state index contributed by atoms with van der Waals surface area (Å²) in [6.45, 7) is -4.88. The number of halogens is 4. The van der Waals surface area contributed by atoms with Crippen LogP contribution in [0.2, 0.25) is 0 Å². The normalized spacial score (nSPS) is 13.1. The molecule has 0 aliphatic rings. The van der Waals surface area contributed by atoms with Gasteiger partial charge in [0.1, 0.15) is 0 Å². The van der Waals surface area contributed by atoms with Gasteiger partial charge in [0.2, 0.25) is 0 Å². The highest BCUT2D eigenvalue weighted by atomic mass is 79.9. The molecule has 1 aromatic rings. The van der Waals surface area contributed by atoms with Gasteiger partial charge in [0.25, 0.3) is 0 Å². The molecule has 0 radical (unpaired) electrons. The minimum absolute atomic E-state index is 0.0700. The van der Waals surface area contributed by atoms with Crippen LogP contribution in [0.25, 0.3) is 4.48 Å². The Kier molecular flexibility index (Phi) is 3.19. The second kappa shape index (κ2) is 4.00. The van der Waals surface area contributed by atoms with Gasteiger partial charge >= 0.3 is 6.98 Å². The van der Waals surface area contributed by atoms with Gasteiger partial charge in [-0.15, -0.1) is 5.98 Å². The highest BCUT2D eigenvalue weighted by Crippen LogP contribution is 2.25. The lowest BCUT2D eigenvalue weighted by Crippen LogP contribution is -2.10. The minimum atomic E-state index is -4.88. The van der Waals surface area contributed by atoms with E-state index in [9.17, 15) is 12.9 Å². The number of benzene rings is 1. The first-order valence-corrected chi connectivity index (χ1v) is 4.42. The summed E-state index contributed by atoms with van der Waals surface area (Å²) in [7, 11) is 0. The quantitative estimate of drug-likeness (QED) is 0.700. The first-order chi connectivity index (χ1) is 5.99. The third-order valence-corrected chi connectivity index (χ3v) is 2.11. The maximum Gasteiger partial charge on any atom is 0.503 e. The molecule has 0 amide bonds. The van der Waals surface area contributed by atoms with Crippen LogP contribution in [0.4, 0.5) is 12.9 Å². The average Bonchev–Trinajstić information content (AvgIpc) is 2.03. The van der Waals surface area contributed by atoms with Gasteiger partial charge in [-0.2, -0.15) is 0 Å². The SMILES string of the molecule is F[B-](F)(F)/C=C(\Br)c1ccccc1. The van der Waals surface area contributed by atoms with Gasteiger partial charge in [-0.05, 0) is 10.0 Å². The third-order valence-electron chi connectivity index (χ3n) is 1.38. The summed E-state index contributed by atoms with van der Waals surface area (Å²) in [5.74, 6) is 0.287. The maximum absolute atomic E-state index is 11.9. The molecule has 70 valence electrons. The van der Waals surface area contributed by atoms with Gasteiger partial charge in [-0.25, -0.2) is 0 Å². The summed E-state index contributed by atoms with van der Waals surface area (Å²) in [6.07, 6.45) is 0. The molecule has 0 saturated heterocycles. The fourth-order valence-corrected chi connectivity index (χ4v) is 1.42. The predicted molar refractivity (Wildman–Crippen MR) is 52.4 cm³/mol. The Morgan fingerprint density at radius 1 is 1.15 bits per heavy atom. The molecular weight excluding hydrogens is 244 g/mol. The van der Waals surface area contributed by atoms with E-state index < -0.39 is 6.98 Å². The van der Waals surface area contributed by atoms with Gasteiger partial charge in [-0.1, -0.05) is 46.3 Å². The topological polar surface area (TPSA) is 0 Å². The lowest BCUT2D eigenvalue weighted by molar-refractivity contribution is 0.499. The van der Waals surface area contributed by atoms with E-state index in [2.05, 4.69) is 15.9 Å². The molecule has 0 bridgehead atoms. The molecule has 13 heavy (non-hydrogen) atoms. The van der Waals surface area contributed by atoms with Gasteiger partial charge < -0.3 is 12.9 Å². The van der Waals surface area contributed by atoms with Crippen LogP contribution in [-0.2, 0) is 0 Å². The molecule has 0 aromatic heterocycles. The molecule has 0 N–H and O–H groups in total. The molecule has 0 nitrogen and oxygen atoms in total. The van der Waals surface area contributed by atoms with Crippen LogP contribution in [0, 0.1) is 0 Å². The molecule has 0 spiro atoms. The monoisotopic (exact) mass is 249 g/mol. The Morgan fingerprint density at radius 3 is 2.15 bits per heavy atom. The van der Waals surface area contributed by atoms with Crippen LogP contribution in [0.3, 0.4) is 0 Å². The zero-order valence-electron chi connectivity index (χ0n) is 6.55. The van der Waals surface area contributed by atoms with Gasteiger partial charge in [0, 0.05) is 0 Å². The molecule has 0 heterocycles. The molecule has 5 heteroatoms.